The van der Waals surface area contributed by atoms with Gasteiger partial charge in [0.15, 0.2) is 0 Å². The van der Waals surface area contributed by atoms with Gasteiger partial charge < -0.3 is 10.8 Å². The molecule has 1 aromatic carbocycles. The molecule has 2 rings (SSSR count). The van der Waals surface area contributed by atoms with Crippen LogP contribution in [0.15, 0.2) is 24.3 Å². The van der Waals surface area contributed by atoms with Gasteiger partial charge in [0.05, 0.1) is 12.6 Å². The number of benzene rings is 1. The fraction of sp³-hybridized carbons (Fsp3) is 0.647. The van der Waals surface area contributed by atoms with Crippen LogP contribution in [0, 0.1) is 6.92 Å². The third-order valence-electron chi connectivity index (χ3n) is 4.50. The predicted molar refractivity (Wildman–Crippen MR) is 83.6 cm³/mol. The molecule has 0 bridgehead atoms. The summed E-state index contributed by atoms with van der Waals surface area (Å²) in [4.78, 5) is 2.44. The lowest BCUT2D eigenvalue weighted by atomic mass is 9.91. The van der Waals surface area contributed by atoms with Crippen LogP contribution in [0.5, 0.6) is 0 Å². The number of likely N-dealkylation sites (tertiary alicyclic amines) is 1. The molecule has 0 aliphatic carbocycles. The van der Waals surface area contributed by atoms with E-state index in [0.29, 0.717) is 0 Å². The van der Waals surface area contributed by atoms with Gasteiger partial charge in [-0.15, -0.1) is 0 Å². The van der Waals surface area contributed by atoms with Crippen molar-refractivity contribution in [3.63, 3.8) is 0 Å². The van der Waals surface area contributed by atoms with Crippen LogP contribution in [0.3, 0.4) is 0 Å². The average Bonchev–Trinajstić information content (AvgIpc) is 2.48. The van der Waals surface area contributed by atoms with Crippen molar-refractivity contribution in [3.05, 3.63) is 35.4 Å². The quantitative estimate of drug-likeness (QED) is 0.869. The molecule has 0 aromatic heterocycles. The lowest BCUT2D eigenvalue weighted by Crippen LogP contribution is -2.49. The van der Waals surface area contributed by atoms with Gasteiger partial charge in [0, 0.05) is 12.1 Å². The second kappa shape index (κ2) is 7.21. The Morgan fingerprint density at radius 1 is 1.40 bits per heavy atom. The summed E-state index contributed by atoms with van der Waals surface area (Å²) >= 11 is 0. The van der Waals surface area contributed by atoms with Crippen LogP contribution in [0.25, 0.3) is 0 Å². The average molecular weight is 276 g/mol. The Morgan fingerprint density at radius 2 is 2.20 bits per heavy atom. The van der Waals surface area contributed by atoms with E-state index in [-0.39, 0.29) is 24.7 Å². The van der Waals surface area contributed by atoms with Crippen LogP contribution in [-0.4, -0.2) is 35.2 Å². The largest absolute Gasteiger partial charge is 0.395 e. The molecule has 3 N–H and O–H groups in total. The molecular weight excluding hydrogens is 248 g/mol. The molecule has 20 heavy (non-hydrogen) atoms. The summed E-state index contributed by atoms with van der Waals surface area (Å²) in [5.41, 5.74) is 8.99. The van der Waals surface area contributed by atoms with E-state index < -0.39 is 0 Å². The highest BCUT2D eigenvalue weighted by atomic mass is 16.3. The molecule has 0 radical (unpaired) electrons. The zero-order valence-electron chi connectivity index (χ0n) is 12.8. The molecule has 0 spiro atoms. The van der Waals surface area contributed by atoms with E-state index in [4.69, 9.17) is 5.73 Å². The molecule has 0 saturated carbocycles. The van der Waals surface area contributed by atoms with Gasteiger partial charge in [0.25, 0.3) is 0 Å². The molecule has 1 aromatic rings. The van der Waals surface area contributed by atoms with Crippen LogP contribution in [0.2, 0.25) is 0 Å². The third-order valence-corrected chi connectivity index (χ3v) is 4.50. The fourth-order valence-electron chi connectivity index (χ4n) is 3.35. The Morgan fingerprint density at radius 3 is 2.85 bits per heavy atom. The summed E-state index contributed by atoms with van der Waals surface area (Å²) < 4.78 is 0. The molecule has 3 unspecified atom stereocenters. The monoisotopic (exact) mass is 276 g/mol. The Labute approximate surface area is 122 Å². The van der Waals surface area contributed by atoms with Gasteiger partial charge in [0.2, 0.25) is 0 Å². The van der Waals surface area contributed by atoms with Crippen LogP contribution >= 0.6 is 0 Å². The van der Waals surface area contributed by atoms with Gasteiger partial charge in [-0.1, -0.05) is 43.2 Å². The maximum Gasteiger partial charge on any atom is 0.0587 e. The number of hydrogen-bond donors (Lipinski definition) is 2. The van der Waals surface area contributed by atoms with E-state index in [1.165, 1.54) is 24.0 Å². The molecule has 1 aliphatic heterocycles. The standard InChI is InChI=1S/C17H28N2O/c1-3-16(18)17(14-8-6-7-13(2)11-14)19-10-5-4-9-15(19)12-20/h6-8,11,15-17,20H,3-5,9-10,12,18H2,1-2H3. The molecule has 3 nitrogen and oxygen atoms in total. The van der Waals surface area contributed by atoms with Crippen LogP contribution in [-0.2, 0) is 0 Å². The van der Waals surface area contributed by atoms with Crippen molar-refractivity contribution in [3.8, 4) is 0 Å². The maximum absolute atomic E-state index is 9.68. The normalized spacial score (nSPS) is 23.5. The lowest BCUT2D eigenvalue weighted by molar-refractivity contribution is 0.0416. The van der Waals surface area contributed by atoms with E-state index in [1.54, 1.807) is 0 Å². The smallest absolute Gasteiger partial charge is 0.0587 e. The first kappa shape index (κ1) is 15.5. The van der Waals surface area contributed by atoms with Gasteiger partial charge >= 0.3 is 0 Å². The highest BCUT2D eigenvalue weighted by Gasteiger charge is 2.32. The van der Waals surface area contributed by atoms with Crippen molar-refractivity contribution in [2.75, 3.05) is 13.2 Å². The van der Waals surface area contributed by atoms with Crippen molar-refractivity contribution >= 4 is 0 Å². The number of nitrogens with zero attached hydrogens (tertiary/aromatic N) is 1. The second-order valence-electron chi connectivity index (χ2n) is 6.00. The van der Waals surface area contributed by atoms with Crippen molar-refractivity contribution in [2.24, 2.45) is 5.73 Å². The summed E-state index contributed by atoms with van der Waals surface area (Å²) in [5.74, 6) is 0. The van der Waals surface area contributed by atoms with Crippen molar-refractivity contribution in [1.82, 2.24) is 4.90 Å². The van der Waals surface area contributed by atoms with E-state index >= 15 is 0 Å². The number of piperidine rings is 1. The summed E-state index contributed by atoms with van der Waals surface area (Å²) in [6.45, 7) is 5.54. The SMILES string of the molecule is CCC(N)C(c1cccc(C)c1)N1CCCCC1CO. The first-order valence-corrected chi connectivity index (χ1v) is 7.86. The second-order valence-corrected chi connectivity index (χ2v) is 6.00. The summed E-state index contributed by atoms with van der Waals surface area (Å²) in [5, 5.41) is 9.68. The number of rotatable bonds is 5. The Bertz CT molecular complexity index is 421. The molecular formula is C17H28N2O. The number of aliphatic hydroxyl groups excluding tert-OH is 1. The first-order chi connectivity index (χ1) is 9.67. The van der Waals surface area contributed by atoms with Gasteiger partial charge in [-0.3, -0.25) is 4.90 Å². The van der Waals surface area contributed by atoms with Crippen LogP contribution in [0.4, 0.5) is 0 Å². The van der Waals surface area contributed by atoms with Gasteiger partial charge in [-0.05, 0) is 38.3 Å². The van der Waals surface area contributed by atoms with Crippen molar-refractivity contribution < 1.29 is 5.11 Å². The topological polar surface area (TPSA) is 49.5 Å². The first-order valence-electron chi connectivity index (χ1n) is 7.86. The molecule has 0 amide bonds. The molecule has 112 valence electrons. The van der Waals surface area contributed by atoms with E-state index in [0.717, 1.165) is 19.4 Å². The minimum atomic E-state index is 0.115. The Kier molecular flexibility index (Phi) is 5.58. The number of hydrogen-bond acceptors (Lipinski definition) is 3. The predicted octanol–water partition coefficient (Wildman–Crippen LogP) is 2.62. The Hall–Kier alpha value is -0.900. The van der Waals surface area contributed by atoms with E-state index in [1.807, 2.05) is 0 Å². The maximum atomic E-state index is 9.68. The van der Waals surface area contributed by atoms with Crippen molar-refractivity contribution in [2.45, 2.75) is 57.7 Å². The van der Waals surface area contributed by atoms with Gasteiger partial charge in [-0.2, -0.15) is 0 Å². The Balaban J connectivity index is 2.31. The molecule has 1 heterocycles. The van der Waals surface area contributed by atoms with Crippen molar-refractivity contribution in [1.29, 1.82) is 0 Å². The molecule has 3 heteroatoms. The van der Waals surface area contributed by atoms with Gasteiger partial charge in [0.1, 0.15) is 0 Å². The fourth-order valence-corrected chi connectivity index (χ4v) is 3.35. The van der Waals surface area contributed by atoms with E-state index in [9.17, 15) is 5.11 Å². The zero-order valence-corrected chi connectivity index (χ0v) is 12.8. The van der Waals surface area contributed by atoms with Gasteiger partial charge in [-0.25, -0.2) is 0 Å². The van der Waals surface area contributed by atoms with Crippen LogP contribution < -0.4 is 5.73 Å². The molecule has 1 saturated heterocycles. The number of nitrogens with two attached hydrogens (primary N) is 1. The highest BCUT2D eigenvalue weighted by molar-refractivity contribution is 5.26. The van der Waals surface area contributed by atoms with E-state index in [2.05, 4.69) is 43.0 Å². The van der Waals surface area contributed by atoms with Crippen LogP contribution in [0.1, 0.15) is 49.8 Å². The highest BCUT2D eigenvalue weighted by Crippen LogP contribution is 2.31. The molecule has 1 fully saturated rings. The minimum absolute atomic E-state index is 0.115. The summed E-state index contributed by atoms with van der Waals surface area (Å²) in [7, 11) is 0. The lowest BCUT2D eigenvalue weighted by Gasteiger charge is -2.43. The zero-order chi connectivity index (χ0) is 14.5. The summed E-state index contributed by atoms with van der Waals surface area (Å²) in [6.07, 6.45) is 4.45. The third kappa shape index (κ3) is 3.40. The number of aryl methyl sites for hydroxylation is 1. The number of aliphatic hydroxyl groups is 1. The summed E-state index contributed by atoms with van der Waals surface area (Å²) in [6, 6.07) is 9.24. The molecule has 3 atom stereocenters. The minimum Gasteiger partial charge on any atom is -0.395 e. The molecule has 1 aliphatic rings.